The van der Waals surface area contributed by atoms with Crippen molar-refractivity contribution < 1.29 is 42.8 Å². The molecule has 0 aromatic rings. The van der Waals surface area contributed by atoms with Crippen molar-refractivity contribution in [3.63, 3.8) is 0 Å². The first-order chi connectivity index (χ1) is 14.7. The van der Waals surface area contributed by atoms with Gasteiger partial charge in [-0.2, -0.15) is 0 Å². The molecule has 0 radical (unpaired) electrons. The molecule has 4 atom stereocenters. The van der Waals surface area contributed by atoms with Crippen LogP contribution in [0.25, 0.3) is 0 Å². The second-order valence-electron chi connectivity index (χ2n) is 6.92. The Hall–Kier alpha value is -2.24. The van der Waals surface area contributed by atoms with Gasteiger partial charge in [0.25, 0.3) is 0 Å². The summed E-state index contributed by atoms with van der Waals surface area (Å²) >= 11 is 0. The predicted octanol–water partition coefficient (Wildman–Crippen LogP) is 0.718. The van der Waals surface area contributed by atoms with Crippen molar-refractivity contribution in [2.24, 2.45) is 0 Å². The van der Waals surface area contributed by atoms with E-state index in [0.717, 1.165) is 0 Å². The summed E-state index contributed by atoms with van der Waals surface area (Å²) in [6, 6.07) is -0.962. The number of nitrogens with one attached hydrogen (secondary N) is 2. The van der Waals surface area contributed by atoms with Crippen LogP contribution in [-0.4, -0.2) is 73.7 Å². The molecule has 0 spiro atoms. The van der Waals surface area contributed by atoms with Crippen LogP contribution in [0.1, 0.15) is 26.2 Å². The maximum Gasteiger partial charge on any atom is 0.342 e. The van der Waals surface area contributed by atoms with Crippen LogP contribution < -0.4 is 10.2 Å². The van der Waals surface area contributed by atoms with Gasteiger partial charge in [0, 0.05) is 18.8 Å². The van der Waals surface area contributed by atoms with E-state index in [0.29, 0.717) is 19.3 Å². The van der Waals surface area contributed by atoms with Gasteiger partial charge in [-0.3, -0.25) is 14.2 Å². The minimum atomic E-state index is -3.84. The Morgan fingerprint density at radius 2 is 2.06 bits per heavy atom. The molecular weight excluding hydrogens is 433 g/mol. The largest absolute Gasteiger partial charge is 0.478 e. The molecule has 2 aliphatic rings. The Morgan fingerprint density at radius 3 is 2.71 bits per heavy atom. The zero-order valence-electron chi connectivity index (χ0n) is 17.6. The van der Waals surface area contributed by atoms with Crippen molar-refractivity contribution in [1.82, 2.24) is 15.1 Å². The van der Waals surface area contributed by atoms with Crippen LogP contribution in [0.5, 0.6) is 0 Å². The lowest BCUT2D eigenvalue weighted by atomic mass is 10.1. The summed E-state index contributed by atoms with van der Waals surface area (Å²) in [7, 11) is -1.45. The molecule has 2 aliphatic heterocycles. The molecule has 0 aromatic carbocycles. The number of methoxy groups -OCH3 is 2. The van der Waals surface area contributed by atoms with Crippen molar-refractivity contribution >= 4 is 25.6 Å². The first-order valence-electron chi connectivity index (χ1n) is 9.63. The van der Waals surface area contributed by atoms with Gasteiger partial charge in [-0.25, -0.2) is 15.0 Å². The van der Waals surface area contributed by atoms with Crippen molar-refractivity contribution in [3.8, 4) is 0 Å². The summed E-state index contributed by atoms with van der Waals surface area (Å²) in [5.41, 5.74) is 0.253. The minimum absolute atomic E-state index is 0.0874. The van der Waals surface area contributed by atoms with E-state index in [-0.39, 0.29) is 18.4 Å². The Labute approximate surface area is 180 Å². The number of aliphatic carboxylic acids is 1. The Morgan fingerprint density at radius 1 is 1.32 bits per heavy atom. The summed E-state index contributed by atoms with van der Waals surface area (Å²) in [5, 5.41) is 14.2. The fourth-order valence-corrected chi connectivity index (χ4v) is 4.56. The maximum absolute atomic E-state index is 13.1. The number of nitrogens with zero attached hydrogens (tertiary/aromatic N) is 1. The molecule has 174 valence electrons. The molecule has 2 heterocycles. The van der Waals surface area contributed by atoms with Crippen LogP contribution in [0.3, 0.4) is 0 Å². The van der Waals surface area contributed by atoms with E-state index in [1.807, 2.05) is 0 Å². The Bertz CT molecular complexity index is 785. The predicted molar refractivity (Wildman–Crippen MR) is 107 cm³/mol. The number of carbonyl (C=O) groups is 3. The van der Waals surface area contributed by atoms with Crippen LogP contribution in [0, 0.1) is 0 Å². The van der Waals surface area contributed by atoms with E-state index in [1.54, 1.807) is 17.2 Å². The highest BCUT2D eigenvalue weighted by atomic mass is 31.2. The highest BCUT2D eigenvalue weighted by Gasteiger charge is 2.34. The van der Waals surface area contributed by atoms with Gasteiger partial charge in [0.05, 0.1) is 32.5 Å². The van der Waals surface area contributed by atoms with Gasteiger partial charge in [-0.1, -0.05) is 6.08 Å². The van der Waals surface area contributed by atoms with Crippen molar-refractivity contribution in [3.05, 3.63) is 24.0 Å². The van der Waals surface area contributed by atoms with Crippen LogP contribution in [0.15, 0.2) is 24.0 Å². The number of carbonyl (C=O) groups excluding carboxylic acids is 2. The number of hydrogen-bond donors (Lipinski definition) is 3. The summed E-state index contributed by atoms with van der Waals surface area (Å²) in [6.45, 7) is 0.957. The number of carboxylic acids is 1. The number of hydrogen-bond acceptors (Lipinski definition) is 9. The summed E-state index contributed by atoms with van der Waals surface area (Å²) < 4.78 is 33.7. The third kappa shape index (κ3) is 7.44. The molecule has 13 heteroatoms. The smallest absolute Gasteiger partial charge is 0.342 e. The lowest BCUT2D eigenvalue weighted by Gasteiger charge is -2.27. The van der Waals surface area contributed by atoms with Gasteiger partial charge in [-0.15, -0.1) is 0 Å². The van der Waals surface area contributed by atoms with Crippen molar-refractivity contribution in [1.29, 1.82) is 0 Å². The molecular formula is C18H28N3O9P. The third-order valence-corrected chi connectivity index (χ3v) is 6.45. The second-order valence-corrected chi connectivity index (χ2v) is 8.85. The molecule has 31 heavy (non-hydrogen) atoms. The number of ether oxygens (including phenoxy) is 3. The molecule has 3 N–H and O–H groups in total. The molecule has 0 amide bonds. The highest BCUT2D eigenvalue weighted by Crippen LogP contribution is 2.39. The van der Waals surface area contributed by atoms with Gasteiger partial charge in [0.1, 0.15) is 18.8 Å². The van der Waals surface area contributed by atoms with Crippen LogP contribution in [-0.2, 0) is 37.7 Å². The van der Waals surface area contributed by atoms with Crippen LogP contribution >= 0.6 is 7.67 Å². The lowest BCUT2D eigenvalue weighted by molar-refractivity contribution is -0.142. The molecule has 2 rings (SSSR count). The summed E-state index contributed by atoms with van der Waals surface area (Å²) in [5.74, 6) is -2.30. The molecule has 0 bridgehead atoms. The average molecular weight is 461 g/mol. The van der Waals surface area contributed by atoms with Gasteiger partial charge in [-0.05, 0) is 19.8 Å². The molecule has 0 aromatic heterocycles. The van der Waals surface area contributed by atoms with E-state index in [1.165, 1.54) is 27.3 Å². The summed E-state index contributed by atoms with van der Waals surface area (Å²) in [4.78, 5) is 36.0. The number of allylic oxidation sites excluding steroid dienone is 1. The average Bonchev–Trinajstić information content (AvgIpc) is 3.25. The lowest BCUT2D eigenvalue weighted by Crippen LogP contribution is -2.39. The van der Waals surface area contributed by atoms with Crippen molar-refractivity contribution in [2.75, 3.05) is 27.4 Å². The van der Waals surface area contributed by atoms with E-state index in [2.05, 4.69) is 19.6 Å². The van der Waals surface area contributed by atoms with E-state index >= 15 is 0 Å². The number of carboxylic acid groups (broad SMARTS) is 1. The Balaban J connectivity index is 1.96. The molecule has 12 nitrogen and oxygen atoms in total. The highest BCUT2D eigenvalue weighted by molar-refractivity contribution is 7.54. The van der Waals surface area contributed by atoms with Crippen LogP contribution in [0.4, 0.5) is 0 Å². The monoisotopic (exact) mass is 461 g/mol. The number of rotatable bonds is 11. The van der Waals surface area contributed by atoms with E-state index in [9.17, 15) is 18.9 Å². The van der Waals surface area contributed by atoms with Crippen molar-refractivity contribution in [2.45, 2.75) is 44.6 Å². The first-order valence-corrected chi connectivity index (χ1v) is 11.3. The third-order valence-electron chi connectivity index (χ3n) is 4.63. The molecule has 1 fully saturated rings. The van der Waals surface area contributed by atoms with Crippen LogP contribution in [0.2, 0.25) is 0 Å². The zero-order chi connectivity index (χ0) is 23.0. The maximum atomic E-state index is 13.1. The second kappa shape index (κ2) is 11.4. The molecule has 1 saturated heterocycles. The first kappa shape index (κ1) is 25.0. The normalized spacial score (nSPS) is 23.6. The number of esters is 2. The van der Waals surface area contributed by atoms with Gasteiger partial charge in [0.2, 0.25) is 0 Å². The van der Waals surface area contributed by atoms with Gasteiger partial charge < -0.3 is 28.7 Å². The fourth-order valence-electron chi connectivity index (χ4n) is 2.97. The van der Waals surface area contributed by atoms with E-state index in [4.69, 9.17) is 14.4 Å². The van der Waals surface area contributed by atoms with Gasteiger partial charge >= 0.3 is 25.6 Å². The molecule has 0 aliphatic carbocycles. The zero-order valence-corrected chi connectivity index (χ0v) is 18.5. The molecule has 0 saturated carbocycles. The fraction of sp³-hybridized carbons (Fsp3) is 0.611. The summed E-state index contributed by atoms with van der Waals surface area (Å²) in [6.07, 6.45) is 5.72. The molecule has 4 unspecified atom stereocenters. The topological polar surface area (TPSA) is 153 Å². The standard InChI is InChI=1S/C18H28N3O9P/c1-12(18(25)28-3)20-31(26,19-9-16(22)27-2)29-11-14-6-7-15(30-14)21-8-4-5-13(10-21)17(23)24/h4,8,10,12,14-15H,5-7,9,11H2,1-3H3,(H,23,24)(H2,19,20,26). The minimum Gasteiger partial charge on any atom is -0.478 e. The quantitative estimate of drug-likeness (QED) is 0.293. The van der Waals surface area contributed by atoms with Gasteiger partial charge in [0.15, 0.2) is 0 Å². The van der Waals surface area contributed by atoms with E-state index < -0.39 is 44.3 Å². The SMILES string of the molecule is COC(=O)CNP(=O)(NC(C)C(=O)OC)OCC1CCC(N2C=CCC(C(=O)O)=C2)O1. The Kier molecular flexibility index (Phi) is 9.20.